The van der Waals surface area contributed by atoms with Crippen molar-refractivity contribution in [3.05, 3.63) is 17.0 Å². The highest BCUT2D eigenvalue weighted by molar-refractivity contribution is 5.84. The van der Waals surface area contributed by atoms with E-state index >= 15 is 0 Å². The molecule has 1 aliphatic heterocycles. The lowest BCUT2D eigenvalue weighted by Gasteiger charge is -2.36. The Morgan fingerprint density at radius 1 is 1.23 bits per heavy atom. The summed E-state index contributed by atoms with van der Waals surface area (Å²) < 4.78 is 2.01. The molecule has 1 N–H and O–H groups in total. The third-order valence-electron chi connectivity index (χ3n) is 6.09. The maximum absolute atomic E-state index is 12.6. The number of hydrogen-bond acceptors (Lipinski definition) is 3. The number of piperidine rings is 1. The highest BCUT2D eigenvalue weighted by atomic mass is 16.2. The number of nitrogens with zero attached hydrogens (tertiary/aromatic N) is 3. The normalized spacial score (nSPS) is 21.4. The molecule has 26 heavy (non-hydrogen) atoms. The van der Waals surface area contributed by atoms with Gasteiger partial charge in [-0.05, 0) is 52.0 Å². The van der Waals surface area contributed by atoms with Gasteiger partial charge in [0.05, 0.1) is 11.6 Å². The first-order chi connectivity index (χ1) is 12.5. The zero-order valence-electron chi connectivity index (χ0n) is 16.4. The average Bonchev–Trinajstić information content (AvgIpc) is 3.25. The Bertz CT molecular complexity index is 661. The van der Waals surface area contributed by atoms with E-state index in [0.29, 0.717) is 32.0 Å². The van der Waals surface area contributed by atoms with Crippen molar-refractivity contribution < 1.29 is 9.59 Å². The van der Waals surface area contributed by atoms with E-state index in [9.17, 15) is 9.59 Å². The molecule has 2 heterocycles. The van der Waals surface area contributed by atoms with E-state index in [4.69, 9.17) is 0 Å². The molecule has 1 saturated heterocycles. The summed E-state index contributed by atoms with van der Waals surface area (Å²) in [6.07, 6.45) is 6.60. The topological polar surface area (TPSA) is 67.2 Å². The molecule has 1 aromatic rings. The van der Waals surface area contributed by atoms with E-state index in [1.807, 2.05) is 16.5 Å². The van der Waals surface area contributed by atoms with Gasteiger partial charge in [0.15, 0.2) is 0 Å². The van der Waals surface area contributed by atoms with Crippen LogP contribution in [-0.4, -0.2) is 45.6 Å². The van der Waals surface area contributed by atoms with Gasteiger partial charge in [0.25, 0.3) is 0 Å². The second-order valence-corrected chi connectivity index (χ2v) is 7.73. The van der Waals surface area contributed by atoms with Crippen LogP contribution < -0.4 is 5.32 Å². The predicted octanol–water partition coefficient (Wildman–Crippen LogP) is 2.36. The first-order valence-corrected chi connectivity index (χ1v) is 10.1. The molecule has 144 valence electrons. The Morgan fingerprint density at radius 2 is 1.96 bits per heavy atom. The molecule has 2 fully saturated rings. The third kappa shape index (κ3) is 3.94. The molecule has 1 unspecified atom stereocenters. The van der Waals surface area contributed by atoms with Gasteiger partial charge in [-0.1, -0.05) is 12.8 Å². The van der Waals surface area contributed by atoms with Crippen LogP contribution in [0.3, 0.4) is 0 Å². The minimum Gasteiger partial charge on any atom is -0.355 e. The van der Waals surface area contributed by atoms with E-state index in [-0.39, 0.29) is 17.7 Å². The molecule has 2 aliphatic rings. The van der Waals surface area contributed by atoms with Gasteiger partial charge in [0.2, 0.25) is 11.8 Å². The van der Waals surface area contributed by atoms with Crippen molar-refractivity contribution in [2.45, 2.75) is 78.3 Å². The lowest BCUT2D eigenvalue weighted by atomic mass is 9.94. The van der Waals surface area contributed by atoms with Gasteiger partial charge in [-0.3, -0.25) is 14.3 Å². The van der Waals surface area contributed by atoms with Crippen LogP contribution in [0, 0.1) is 19.8 Å². The maximum Gasteiger partial charge on any atom is 0.224 e. The van der Waals surface area contributed by atoms with Crippen LogP contribution in [0.25, 0.3) is 0 Å². The van der Waals surface area contributed by atoms with Gasteiger partial charge in [0.1, 0.15) is 0 Å². The van der Waals surface area contributed by atoms with Gasteiger partial charge in [-0.2, -0.15) is 5.10 Å². The summed E-state index contributed by atoms with van der Waals surface area (Å²) in [7, 11) is 0. The molecule has 0 bridgehead atoms. The number of aromatic nitrogens is 2. The molecule has 2 amide bonds. The van der Waals surface area contributed by atoms with Crippen molar-refractivity contribution in [2.75, 3.05) is 13.1 Å². The summed E-state index contributed by atoms with van der Waals surface area (Å²) in [5.41, 5.74) is 3.47. The molecule has 1 aromatic heterocycles. The summed E-state index contributed by atoms with van der Waals surface area (Å²) >= 11 is 0. The molecule has 3 rings (SSSR count). The summed E-state index contributed by atoms with van der Waals surface area (Å²) in [5, 5.41) is 7.63. The summed E-state index contributed by atoms with van der Waals surface area (Å²) in [6, 6.07) is 0.364. The Hall–Kier alpha value is -1.85. The van der Waals surface area contributed by atoms with Crippen LogP contribution >= 0.6 is 0 Å². The molecular weight excluding hydrogens is 328 g/mol. The van der Waals surface area contributed by atoms with Crippen LogP contribution in [0.5, 0.6) is 0 Å². The maximum atomic E-state index is 12.6. The van der Waals surface area contributed by atoms with Crippen molar-refractivity contribution in [3.8, 4) is 0 Å². The molecular formula is C20H32N4O2. The Balaban J connectivity index is 1.52. The molecule has 6 nitrogen and oxygen atoms in total. The lowest BCUT2D eigenvalue weighted by molar-refractivity contribution is -0.140. The Labute approximate surface area is 156 Å². The van der Waals surface area contributed by atoms with E-state index in [1.165, 1.54) is 24.1 Å². The van der Waals surface area contributed by atoms with Crippen molar-refractivity contribution in [3.63, 3.8) is 0 Å². The lowest BCUT2D eigenvalue weighted by Crippen LogP contribution is -2.49. The molecule has 1 atom stereocenters. The van der Waals surface area contributed by atoms with E-state index in [1.54, 1.807) is 0 Å². The van der Waals surface area contributed by atoms with Crippen LogP contribution in [0.2, 0.25) is 0 Å². The number of aryl methyl sites for hydroxylation is 2. The Kier molecular flexibility index (Phi) is 5.99. The van der Waals surface area contributed by atoms with E-state index in [2.05, 4.69) is 24.3 Å². The van der Waals surface area contributed by atoms with Gasteiger partial charge < -0.3 is 10.2 Å². The fourth-order valence-corrected chi connectivity index (χ4v) is 4.51. The number of carbonyl (C=O) groups is 2. The van der Waals surface area contributed by atoms with Gasteiger partial charge in [-0.25, -0.2) is 0 Å². The third-order valence-corrected chi connectivity index (χ3v) is 6.09. The number of carbonyl (C=O) groups excluding carboxylic acids is 2. The molecule has 1 saturated carbocycles. The van der Waals surface area contributed by atoms with Crippen LogP contribution in [0.1, 0.15) is 62.4 Å². The molecule has 1 aliphatic carbocycles. The van der Waals surface area contributed by atoms with Gasteiger partial charge in [0, 0.05) is 37.8 Å². The van der Waals surface area contributed by atoms with Crippen molar-refractivity contribution in [1.82, 2.24) is 20.0 Å². The monoisotopic (exact) mass is 360 g/mol. The summed E-state index contributed by atoms with van der Waals surface area (Å²) in [6.45, 7) is 8.30. The fraction of sp³-hybridized carbons (Fsp3) is 0.750. The molecule has 0 spiro atoms. The van der Waals surface area contributed by atoms with Crippen molar-refractivity contribution in [2.24, 2.45) is 5.92 Å². The molecule has 0 aromatic carbocycles. The number of nitrogens with one attached hydrogen (secondary N) is 1. The van der Waals surface area contributed by atoms with Gasteiger partial charge in [-0.15, -0.1) is 0 Å². The number of rotatable bonds is 6. The van der Waals surface area contributed by atoms with E-state index in [0.717, 1.165) is 31.5 Å². The highest BCUT2D eigenvalue weighted by Crippen LogP contribution is 2.28. The minimum absolute atomic E-state index is 0.0612. The van der Waals surface area contributed by atoms with Crippen LogP contribution in [-0.2, 0) is 22.6 Å². The number of hydrogen-bond donors (Lipinski definition) is 1. The quantitative estimate of drug-likeness (QED) is 0.847. The fourth-order valence-electron chi connectivity index (χ4n) is 4.51. The summed E-state index contributed by atoms with van der Waals surface area (Å²) in [5.74, 6) is 0.270. The highest BCUT2D eigenvalue weighted by Gasteiger charge is 2.35. The van der Waals surface area contributed by atoms with Crippen molar-refractivity contribution in [1.29, 1.82) is 0 Å². The smallest absolute Gasteiger partial charge is 0.224 e. The number of likely N-dealkylation sites (tertiary alicyclic amines) is 1. The SMILES string of the molecule is CCn1nc(C)c(CCNC(=O)C2CCC(=O)N(C3CCCC3)C2)c1C. The molecule has 6 heteroatoms. The predicted molar refractivity (Wildman–Crippen MR) is 101 cm³/mol. The largest absolute Gasteiger partial charge is 0.355 e. The molecule has 0 radical (unpaired) electrons. The Morgan fingerprint density at radius 3 is 2.62 bits per heavy atom. The first-order valence-electron chi connectivity index (χ1n) is 10.1. The van der Waals surface area contributed by atoms with Crippen LogP contribution in [0.4, 0.5) is 0 Å². The zero-order valence-corrected chi connectivity index (χ0v) is 16.4. The minimum atomic E-state index is -0.0612. The standard InChI is InChI=1S/C20H32N4O2/c1-4-24-15(3)18(14(2)22-24)11-12-21-20(26)16-9-10-19(25)23(13-16)17-7-5-6-8-17/h16-17H,4-13H2,1-3H3,(H,21,26). The second-order valence-electron chi connectivity index (χ2n) is 7.73. The van der Waals surface area contributed by atoms with Gasteiger partial charge >= 0.3 is 0 Å². The van der Waals surface area contributed by atoms with E-state index < -0.39 is 0 Å². The second kappa shape index (κ2) is 8.23. The van der Waals surface area contributed by atoms with Crippen molar-refractivity contribution >= 4 is 11.8 Å². The first kappa shape index (κ1) is 18.9. The van der Waals surface area contributed by atoms with Crippen LogP contribution in [0.15, 0.2) is 0 Å². The zero-order chi connectivity index (χ0) is 18.7. The summed E-state index contributed by atoms with van der Waals surface area (Å²) in [4.78, 5) is 26.8. The average molecular weight is 361 g/mol. The number of amides is 2.